The first kappa shape index (κ1) is 14.0. The van der Waals surface area contributed by atoms with E-state index in [0.717, 1.165) is 0 Å². The summed E-state index contributed by atoms with van der Waals surface area (Å²) in [7, 11) is 0. The molecule has 0 amide bonds. The van der Waals surface area contributed by atoms with Crippen LogP contribution in [0.15, 0.2) is 12.1 Å². The lowest BCUT2D eigenvalue weighted by Gasteiger charge is -2.24. The number of nitrogens with two attached hydrogens (primary N) is 1. The minimum atomic E-state index is -0.299. The second-order valence-corrected chi connectivity index (χ2v) is 7.15. The van der Waals surface area contributed by atoms with Gasteiger partial charge in [0.25, 0.3) is 0 Å². The van der Waals surface area contributed by atoms with Crippen LogP contribution < -0.4 is 5.73 Å². The summed E-state index contributed by atoms with van der Waals surface area (Å²) < 4.78 is 0. The molecule has 3 N–H and O–H groups in total. The van der Waals surface area contributed by atoms with Gasteiger partial charge in [-0.3, -0.25) is 0 Å². The van der Waals surface area contributed by atoms with Crippen LogP contribution in [0, 0.1) is 6.92 Å². The van der Waals surface area contributed by atoms with E-state index < -0.39 is 0 Å². The minimum absolute atomic E-state index is 0.101. The average Bonchev–Trinajstić information content (AvgIpc) is 2.59. The Hall–Kier alpha value is -0.0300. The highest BCUT2D eigenvalue weighted by atomic mass is 32.2. The predicted molar refractivity (Wildman–Crippen MR) is 74.2 cm³/mol. The minimum Gasteiger partial charge on any atom is -0.392 e. The lowest BCUT2D eigenvalue weighted by molar-refractivity contribution is 0.196. The summed E-state index contributed by atoms with van der Waals surface area (Å²) in [5.74, 6) is 0. The van der Waals surface area contributed by atoms with Gasteiger partial charge >= 0.3 is 0 Å². The number of aliphatic hydroxyl groups is 1. The van der Waals surface area contributed by atoms with Gasteiger partial charge in [-0.25, -0.2) is 0 Å². The molecule has 0 bridgehead atoms. The quantitative estimate of drug-likeness (QED) is 0.854. The second kappa shape index (κ2) is 6.05. The molecule has 16 heavy (non-hydrogen) atoms. The molecule has 0 aliphatic heterocycles. The van der Waals surface area contributed by atoms with Gasteiger partial charge in [0.15, 0.2) is 0 Å². The third-order valence-electron chi connectivity index (χ3n) is 2.56. The van der Waals surface area contributed by atoms with E-state index in [9.17, 15) is 5.11 Å². The van der Waals surface area contributed by atoms with Gasteiger partial charge in [-0.1, -0.05) is 6.92 Å². The van der Waals surface area contributed by atoms with Gasteiger partial charge in [-0.15, -0.1) is 23.1 Å². The Morgan fingerprint density at radius 2 is 1.94 bits per heavy atom. The van der Waals surface area contributed by atoms with Gasteiger partial charge in [-0.2, -0.15) is 0 Å². The Balaban J connectivity index is 2.76. The molecule has 4 heteroatoms. The topological polar surface area (TPSA) is 46.2 Å². The SMILES string of the molecule is Cc1ccc(C(SC(C)C(C)O)C(C)N)s1. The molecule has 4 atom stereocenters. The first-order valence-corrected chi connectivity index (χ1v) is 7.33. The van der Waals surface area contributed by atoms with E-state index >= 15 is 0 Å². The van der Waals surface area contributed by atoms with Crippen LogP contribution in [0.5, 0.6) is 0 Å². The van der Waals surface area contributed by atoms with E-state index in [0.29, 0.717) is 0 Å². The van der Waals surface area contributed by atoms with Gasteiger partial charge in [0.2, 0.25) is 0 Å². The largest absolute Gasteiger partial charge is 0.392 e. The molecule has 0 spiro atoms. The van der Waals surface area contributed by atoms with E-state index in [1.807, 2.05) is 20.8 Å². The van der Waals surface area contributed by atoms with Gasteiger partial charge in [-0.05, 0) is 32.9 Å². The lowest BCUT2D eigenvalue weighted by Crippen LogP contribution is -2.26. The van der Waals surface area contributed by atoms with Crippen LogP contribution in [-0.2, 0) is 0 Å². The van der Waals surface area contributed by atoms with Gasteiger partial charge in [0.1, 0.15) is 0 Å². The molecular formula is C12H21NOS2. The molecule has 0 saturated heterocycles. The second-order valence-electron chi connectivity index (χ2n) is 4.31. The monoisotopic (exact) mass is 259 g/mol. The maximum Gasteiger partial charge on any atom is 0.0628 e. The fourth-order valence-electron chi connectivity index (χ4n) is 1.40. The summed E-state index contributed by atoms with van der Waals surface area (Å²) >= 11 is 3.56. The first-order valence-electron chi connectivity index (χ1n) is 5.57. The summed E-state index contributed by atoms with van der Waals surface area (Å²) in [5.41, 5.74) is 6.03. The normalized spacial score (nSPS) is 19.1. The molecule has 1 aromatic heterocycles. The Labute approximate surface area is 106 Å². The zero-order valence-electron chi connectivity index (χ0n) is 10.3. The summed E-state index contributed by atoms with van der Waals surface area (Å²) in [6.45, 7) is 8.01. The molecule has 1 heterocycles. The van der Waals surface area contributed by atoms with Gasteiger partial charge in [0.05, 0.1) is 11.4 Å². The molecule has 0 fully saturated rings. The van der Waals surface area contributed by atoms with E-state index in [1.54, 1.807) is 23.1 Å². The van der Waals surface area contributed by atoms with Crippen molar-refractivity contribution in [3.63, 3.8) is 0 Å². The van der Waals surface area contributed by atoms with E-state index in [2.05, 4.69) is 19.1 Å². The van der Waals surface area contributed by atoms with Crippen molar-refractivity contribution >= 4 is 23.1 Å². The molecule has 0 aliphatic rings. The van der Waals surface area contributed by atoms with E-state index in [4.69, 9.17) is 5.73 Å². The van der Waals surface area contributed by atoms with Crippen molar-refractivity contribution in [3.05, 3.63) is 21.9 Å². The molecule has 92 valence electrons. The van der Waals surface area contributed by atoms with E-state index in [-0.39, 0.29) is 22.6 Å². The fraction of sp³-hybridized carbons (Fsp3) is 0.667. The number of hydrogen-bond donors (Lipinski definition) is 2. The van der Waals surface area contributed by atoms with Crippen LogP contribution in [0.4, 0.5) is 0 Å². The highest BCUT2D eigenvalue weighted by Crippen LogP contribution is 2.38. The zero-order valence-corrected chi connectivity index (χ0v) is 11.9. The molecule has 0 radical (unpaired) electrons. The number of thiophene rings is 1. The summed E-state index contributed by atoms with van der Waals surface area (Å²) in [6, 6.07) is 4.38. The van der Waals surface area contributed by atoms with Crippen molar-refractivity contribution < 1.29 is 5.11 Å². The van der Waals surface area contributed by atoms with Crippen molar-refractivity contribution in [1.82, 2.24) is 0 Å². The van der Waals surface area contributed by atoms with Crippen molar-refractivity contribution in [2.24, 2.45) is 5.73 Å². The average molecular weight is 259 g/mol. The summed E-state index contributed by atoms with van der Waals surface area (Å²) in [6.07, 6.45) is -0.299. The van der Waals surface area contributed by atoms with Gasteiger partial charge in [0, 0.05) is 21.0 Å². The van der Waals surface area contributed by atoms with Crippen molar-refractivity contribution in [1.29, 1.82) is 0 Å². The smallest absolute Gasteiger partial charge is 0.0628 e. The molecule has 0 aromatic carbocycles. The van der Waals surface area contributed by atoms with Crippen molar-refractivity contribution in [2.45, 2.75) is 50.3 Å². The first-order chi connectivity index (χ1) is 7.41. The summed E-state index contributed by atoms with van der Waals surface area (Å²) in [4.78, 5) is 2.62. The Morgan fingerprint density at radius 3 is 2.31 bits per heavy atom. The number of thioether (sulfide) groups is 1. The Kier molecular flexibility index (Phi) is 5.31. The molecule has 0 saturated carbocycles. The van der Waals surface area contributed by atoms with Crippen LogP contribution in [0.2, 0.25) is 0 Å². The molecule has 4 unspecified atom stereocenters. The standard InChI is InChI=1S/C12H21NOS2/c1-7-5-6-11(15-7)12(8(2)13)16-10(4)9(3)14/h5-6,8-10,12,14H,13H2,1-4H3. The maximum atomic E-state index is 9.55. The third kappa shape index (κ3) is 3.77. The molecular weight excluding hydrogens is 238 g/mol. The number of hydrogen-bond acceptors (Lipinski definition) is 4. The lowest BCUT2D eigenvalue weighted by atomic mass is 10.2. The highest BCUT2D eigenvalue weighted by molar-refractivity contribution is 8.00. The number of rotatable bonds is 5. The Bertz CT molecular complexity index is 323. The van der Waals surface area contributed by atoms with Crippen LogP contribution in [0.3, 0.4) is 0 Å². The third-order valence-corrected chi connectivity index (χ3v) is 5.59. The molecule has 1 aromatic rings. The molecule has 1 rings (SSSR count). The number of aliphatic hydroxyl groups excluding tert-OH is 1. The van der Waals surface area contributed by atoms with Crippen LogP contribution in [0.1, 0.15) is 35.8 Å². The van der Waals surface area contributed by atoms with Gasteiger partial charge < -0.3 is 10.8 Å². The Morgan fingerprint density at radius 1 is 1.31 bits per heavy atom. The van der Waals surface area contributed by atoms with Crippen LogP contribution in [0.25, 0.3) is 0 Å². The number of aryl methyl sites for hydroxylation is 1. The fourth-order valence-corrected chi connectivity index (χ4v) is 3.84. The van der Waals surface area contributed by atoms with E-state index in [1.165, 1.54) is 9.75 Å². The summed E-state index contributed by atoms with van der Waals surface area (Å²) in [5, 5.41) is 10.0. The maximum absolute atomic E-state index is 9.55. The molecule has 2 nitrogen and oxygen atoms in total. The predicted octanol–water partition coefficient (Wildman–Crippen LogP) is 2.95. The van der Waals surface area contributed by atoms with Crippen LogP contribution in [-0.4, -0.2) is 22.5 Å². The van der Waals surface area contributed by atoms with Crippen LogP contribution >= 0.6 is 23.1 Å². The molecule has 0 aliphatic carbocycles. The zero-order chi connectivity index (χ0) is 12.3. The van der Waals surface area contributed by atoms with Crippen molar-refractivity contribution in [2.75, 3.05) is 0 Å². The highest BCUT2D eigenvalue weighted by Gasteiger charge is 2.23. The van der Waals surface area contributed by atoms with Crippen molar-refractivity contribution in [3.8, 4) is 0 Å².